The van der Waals surface area contributed by atoms with Crippen LogP contribution in [0.4, 0.5) is 5.69 Å². The van der Waals surface area contributed by atoms with Crippen LogP contribution in [0.2, 0.25) is 0 Å². The molecule has 2 aromatic rings. The van der Waals surface area contributed by atoms with Crippen LogP contribution in [-0.2, 0) is 16.6 Å². The van der Waals surface area contributed by atoms with Gasteiger partial charge in [0.25, 0.3) is 10.0 Å². The second kappa shape index (κ2) is 4.97. The number of rotatable bonds is 4. The van der Waals surface area contributed by atoms with Crippen LogP contribution in [0.3, 0.4) is 0 Å². The fraction of sp³-hybridized carbons (Fsp3) is 0.167. The molecule has 106 valence electrons. The lowest BCUT2D eigenvalue weighted by atomic mass is 10.3. The van der Waals surface area contributed by atoms with Gasteiger partial charge in [-0.1, -0.05) is 0 Å². The molecule has 20 heavy (non-hydrogen) atoms. The van der Waals surface area contributed by atoms with Crippen LogP contribution in [0.1, 0.15) is 5.56 Å². The number of thiophene rings is 1. The topological polar surface area (TPSA) is 90.7 Å². The molecule has 0 saturated carbocycles. The van der Waals surface area contributed by atoms with Gasteiger partial charge in [-0.05, 0) is 29.1 Å². The van der Waals surface area contributed by atoms with Gasteiger partial charge in [-0.3, -0.25) is 4.72 Å². The number of anilines is 1. The molecular weight excluding hydrogens is 300 g/mol. The van der Waals surface area contributed by atoms with E-state index in [2.05, 4.69) is 4.72 Å². The Labute approximate surface area is 120 Å². The summed E-state index contributed by atoms with van der Waals surface area (Å²) in [6, 6.07) is 6.46. The lowest BCUT2D eigenvalue weighted by Crippen LogP contribution is -2.11. The monoisotopic (exact) mass is 312 g/mol. The Morgan fingerprint density at radius 3 is 2.80 bits per heavy atom. The van der Waals surface area contributed by atoms with Crippen molar-refractivity contribution < 1.29 is 17.9 Å². The van der Waals surface area contributed by atoms with Crippen LogP contribution in [0.25, 0.3) is 0 Å². The number of nitrogens with two attached hydrogens (primary N) is 1. The van der Waals surface area contributed by atoms with Crippen LogP contribution in [-0.4, -0.2) is 15.2 Å². The predicted octanol–water partition coefficient (Wildman–Crippen LogP) is 1.74. The molecule has 1 aromatic carbocycles. The van der Waals surface area contributed by atoms with E-state index in [1.54, 1.807) is 29.6 Å². The zero-order chi connectivity index (χ0) is 14.2. The zero-order valence-electron chi connectivity index (χ0n) is 10.3. The maximum absolute atomic E-state index is 12.2. The van der Waals surface area contributed by atoms with Crippen molar-refractivity contribution in [3.05, 3.63) is 35.2 Å². The Balaban J connectivity index is 1.86. The first-order valence-electron chi connectivity index (χ1n) is 5.78. The van der Waals surface area contributed by atoms with Gasteiger partial charge in [-0.15, -0.1) is 11.3 Å². The average Bonchev–Trinajstić information content (AvgIpc) is 3.06. The van der Waals surface area contributed by atoms with Crippen LogP contribution in [0.5, 0.6) is 11.5 Å². The van der Waals surface area contributed by atoms with E-state index >= 15 is 0 Å². The highest BCUT2D eigenvalue weighted by Gasteiger charge is 2.19. The van der Waals surface area contributed by atoms with Crippen LogP contribution in [0.15, 0.2) is 33.9 Å². The minimum absolute atomic E-state index is 0.149. The third-order valence-electron chi connectivity index (χ3n) is 2.76. The van der Waals surface area contributed by atoms with E-state index in [4.69, 9.17) is 15.2 Å². The summed E-state index contributed by atoms with van der Waals surface area (Å²) in [6.07, 6.45) is 0. The molecule has 3 N–H and O–H groups in total. The summed E-state index contributed by atoms with van der Waals surface area (Å²) in [5, 5.41) is 1.73. The summed E-state index contributed by atoms with van der Waals surface area (Å²) >= 11 is 1.14. The summed E-state index contributed by atoms with van der Waals surface area (Å²) in [5.74, 6) is 1.13. The van der Waals surface area contributed by atoms with Crippen molar-refractivity contribution in [2.75, 3.05) is 11.5 Å². The molecule has 0 bridgehead atoms. The van der Waals surface area contributed by atoms with Crippen LogP contribution < -0.4 is 19.9 Å². The van der Waals surface area contributed by atoms with E-state index in [0.29, 0.717) is 23.7 Å². The van der Waals surface area contributed by atoms with E-state index in [-0.39, 0.29) is 11.0 Å². The van der Waals surface area contributed by atoms with Crippen molar-refractivity contribution in [2.24, 2.45) is 5.73 Å². The first-order valence-corrected chi connectivity index (χ1v) is 8.15. The molecule has 0 radical (unpaired) electrons. The summed E-state index contributed by atoms with van der Waals surface area (Å²) < 4.78 is 37.6. The molecule has 0 spiro atoms. The SMILES string of the molecule is NCc1csc(S(=O)(=O)Nc2ccc3c(c2)OCO3)c1. The lowest BCUT2D eigenvalue weighted by molar-refractivity contribution is 0.174. The van der Waals surface area contributed by atoms with Crippen molar-refractivity contribution >= 4 is 27.0 Å². The first-order chi connectivity index (χ1) is 9.58. The standard InChI is InChI=1S/C12H12N2O4S2/c13-5-8-3-12(19-6-8)20(15,16)14-9-1-2-10-11(4-9)18-7-17-10/h1-4,6,14H,5,7,13H2. The van der Waals surface area contributed by atoms with Crippen molar-refractivity contribution in [3.8, 4) is 11.5 Å². The third kappa shape index (κ3) is 2.45. The fourth-order valence-electron chi connectivity index (χ4n) is 1.77. The molecular formula is C12H12N2O4S2. The fourth-order valence-corrected chi connectivity index (χ4v) is 4.04. The van der Waals surface area contributed by atoms with Crippen molar-refractivity contribution in [3.63, 3.8) is 0 Å². The molecule has 8 heteroatoms. The van der Waals surface area contributed by atoms with E-state index in [9.17, 15) is 8.42 Å². The van der Waals surface area contributed by atoms with Gasteiger partial charge in [-0.2, -0.15) is 0 Å². The molecule has 3 rings (SSSR count). The average molecular weight is 312 g/mol. The Morgan fingerprint density at radius 2 is 2.05 bits per heavy atom. The largest absolute Gasteiger partial charge is 0.454 e. The molecule has 0 atom stereocenters. The number of benzene rings is 1. The maximum Gasteiger partial charge on any atom is 0.271 e. The summed E-state index contributed by atoms with van der Waals surface area (Å²) in [5.41, 5.74) is 6.70. The molecule has 2 heterocycles. The number of hydrogen-bond donors (Lipinski definition) is 2. The van der Waals surface area contributed by atoms with Gasteiger partial charge in [0.1, 0.15) is 4.21 Å². The number of ether oxygens (including phenoxy) is 2. The maximum atomic E-state index is 12.2. The second-order valence-electron chi connectivity index (χ2n) is 4.15. The Hall–Kier alpha value is -1.77. The number of fused-ring (bicyclic) bond motifs is 1. The molecule has 0 amide bonds. The molecule has 0 unspecified atom stereocenters. The molecule has 0 saturated heterocycles. The molecule has 1 aliphatic heterocycles. The van der Waals surface area contributed by atoms with Gasteiger partial charge in [0, 0.05) is 12.6 Å². The van der Waals surface area contributed by atoms with E-state index < -0.39 is 10.0 Å². The molecule has 0 aliphatic carbocycles. The number of hydrogen-bond acceptors (Lipinski definition) is 6. The highest BCUT2D eigenvalue weighted by atomic mass is 32.2. The van der Waals surface area contributed by atoms with Crippen molar-refractivity contribution in [1.29, 1.82) is 0 Å². The number of sulfonamides is 1. The van der Waals surface area contributed by atoms with Gasteiger partial charge in [0.15, 0.2) is 11.5 Å². The van der Waals surface area contributed by atoms with Crippen LogP contribution >= 0.6 is 11.3 Å². The minimum atomic E-state index is -3.60. The van der Waals surface area contributed by atoms with E-state index in [1.165, 1.54) is 0 Å². The highest BCUT2D eigenvalue weighted by Crippen LogP contribution is 2.35. The van der Waals surface area contributed by atoms with Gasteiger partial charge in [0.2, 0.25) is 6.79 Å². The van der Waals surface area contributed by atoms with E-state index in [1.807, 2.05) is 0 Å². The Kier molecular flexibility index (Phi) is 3.28. The molecule has 1 aromatic heterocycles. The van der Waals surface area contributed by atoms with Gasteiger partial charge in [0.05, 0.1) is 5.69 Å². The second-order valence-corrected chi connectivity index (χ2v) is 6.97. The molecule has 6 nitrogen and oxygen atoms in total. The van der Waals surface area contributed by atoms with Crippen LogP contribution in [0, 0.1) is 0 Å². The predicted molar refractivity (Wildman–Crippen MR) is 75.6 cm³/mol. The van der Waals surface area contributed by atoms with Gasteiger partial charge < -0.3 is 15.2 Å². The minimum Gasteiger partial charge on any atom is -0.454 e. The van der Waals surface area contributed by atoms with Crippen molar-refractivity contribution in [1.82, 2.24) is 0 Å². The van der Waals surface area contributed by atoms with Gasteiger partial charge >= 0.3 is 0 Å². The lowest BCUT2D eigenvalue weighted by Gasteiger charge is -2.06. The molecule has 1 aliphatic rings. The van der Waals surface area contributed by atoms with E-state index in [0.717, 1.165) is 16.9 Å². The Bertz CT molecular complexity index is 740. The summed E-state index contributed by atoms with van der Waals surface area (Å²) in [7, 11) is -3.60. The normalized spacial score (nSPS) is 13.4. The smallest absolute Gasteiger partial charge is 0.271 e. The van der Waals surface area contributed by atoms with Gasteiger partial charge in [-0.25, -0.2) is 8.42 Å². The zero-order valence-corrected chi connectivity index (χ0v) is 12.0. The number of nitrogens with one attached hydrogen (secondary N) is 1. The quantitative estimate of drug-likeness (QED) is 0.897. The Morgan fingerprint density at radius 1 is 1.25 bits per heavy atom. The highest BCUT2D eigenvalue weighted by molar-refractivity contribution is 7.94. The first kappa shape index (κ1) is 13.2. The summed E-state index contributed by atoms with van der Waals surface area (Å²) in [6.45, 7) is 0.465. The summed E-state index contributed by atoms with van der Waals surface area (Å²) in [4.78, 5) is 0. The molecule has 0 fully saturated rings. The third-order valence-corrected chi connectivity index (χ3v) is 5.62. The van der Waals surface area contributed by atoms with Crippen molar-refractivity contribution in [2.45, 2.75) is 10.8 Å².